The van der Waals surface area contributed by atoms with Gasteiger partial charge in [-0.1, -0.05) is 0 Å². The summed E-state index contributed by atoms with van der Waals surface area (Å²) in [6, 6.07) is 0.156. The third-order valence-electron chi connectivity index (χ3n) is 3.31. The largest absolute Gasteiger partial charge is 0.380 e. The average Bonchev–Trinajstić information content (AvgIpc) is 2.36. The number of hydrogen-bond acceptors (Lipinski definition) is 4. The van der Waals surface area contributed by atoms with Crippen molar-refractivity contribution in [2.75, 3.05) is 26.7 Å². The zero-order valence-electron chi connectivity index (χ0n) is 11.1. The number of methoxy groups -OCH3 is 1. The number of ether oxygens (including phenoxy) is 1. The maximum Gasteiger partial charge on any atom is 0.222 e. The molecule has 104 valence electrons. The molecule has 3 N–H and O–H groups in total. The van der Waals surface area contributed by atoms with Crippen LogP contribution in [-0.4, -0.2) is 55.6 Å². The molecule has 0 aromatic rings. The van der Waals surface area contributed by atoms with Gasteiger partial charge in [0.05, 0.1) is 12.5 Å². The third-order valence-corrected chi connectivity index (χ3v) is 3.31. The number of piperidine rings is 1. The quantitative estimate of drug-likeness (QED) is 0.694. The molecule has 1 atom stereocenters. The summed E-state index contributed by atoms with van der Waals surface area (Å²) in [6.07, 6.45) is 1.69. The summed E-state index contributed by atoms with van der Waals surface area (Å²) in [4.78, 5) is 24.7. The van der Waals surface area contributed by atoms with Gasteiger partial charge in [0.1, 0.15) is 0 Å². The Balaban J connectivity index is 2.28. The molecule has 0 saturated carbocycles. The van der Waals surface area contributed by atoms with Crippen molar-refractivity contribution in [3.05, 3.63) is 0 Å². The van der Waals surface area contributed by atoms with Gasteiger partial charge in [-0.2, -0.15) is 0 Å². The van der Waals surface area contributed by atoms with E-state index in [9.17, 15) is 9.59 Å². The summed E-state index contributed by atoms with van der Waals surface area (Å²) in [5, 5.41) is 2.96. The molecule has 0 aromatic carbocycles. The van der Waals surface area contributed by atoms with Crippen molar-refractivity contribution in [1.29, 1.82) is 0 Å². The summed E-state index contributed by atoms with van der Waals surface area (Å²) in [6.45, 7) is 3.34. The van der Waals surface area contributed by atoms with Crippen LogP contribution in [-0.2, 0) is 14.3 Å². The predicted octanol–water partition coefficient (Wildman–Crippen LogP) is -0.523. The van der Waals surface area contributed by atoms with Crippen LogP contribution >= 0.6 is 0 Å². The van der Waals surface area contributed by atoms with Gasteiger partial charge < -0.3 is 20.7 Å². The second-order valence-corrected chi connectivity index (χ2v) is 4.65. The molecule has 6 nitrogen and oxygen atoms in total. The Hall–Kier alpha value is -1.14. The van der Waals surface area contributed by atoms with Crippen molar-refractivity contribution in [3.63, 3.8) is 0 Å². The van der Waals surface area contributed by atoms with E-state index in [1.807, 2.05) is 0 Å². The number of nitrogens with one attached hydrogen (secondary N) is 1. The van der Waals surface area contributed by atoms with Gasteiger partial charge in [-0.05, 0) is 12.8 Å². The molecule has 0 aromatic heterocycles. The van der Waals surface area contributed by atoms with E-state index in [0.29, 0.717) is 26.1 Å². The smallest absolute Gasteiger partial charge is 0.222 e. The van der Waals surface area contributed by atoms with Crippen LogP contribution in [0.4, 0.5) is 0 Å². The number of carbonyl (C=O) groups is 2. The van der Waals surface area contributed by atoms with E-state index in [1.165, 1.54) is 0 Å². The molecule has 1 fully saturated rings. The minimum Gasteiger partial charge on any atom is -0.380 e. The lowest BCUT2D eigenvalue weighted by Crippen LogP contribution is -2.46. The Kier molecular flexibility index (Phi) is 6.07. The third kappa shape index (κ3) is 4.62. The minimum absolute atomic E-state index is 0.0337. The fourth-order valence-electron chi connectivity index (χ4n) is 2.09. The number of likely N-dealkylation sites (tertiary alicyclic amines) is 1. The van der Waals surface area contributed by atoms with Crippen LogP contribution in [0.2, 0.25) is 0 Å². The zero-order valence-corrected chi connectivity index (χ0v) is 11.1. The second kappa shape index (κ2) is 7.33. The Morgan fingerprint density at radius 1 is 1.44 bits per heavy atom. The van der Waals surface area contributed by atoms with Crippen molar-refractivity contribution in [2.24, 2.45) is 5.73 Å². The van der Waals surface area contributed by atoms with Crippen LogP contribution in [0.3, 0.4) is 0 Å². The van der Waals surface area contributed by atoms with Crippen LogP contribution in [0.25, 0.3) is 0 Å². The molecule has 6 heteroatoms. The summed E-state index contributed by atoms with van der Waals surface area (Å²) in [5.41, 5.74) is 5.47. The van der Waals surface area contributed by atoms with Gasteiger partial charge in [-0.15, -0.1) is 0 Å². The number of hydrogen-bond donors (Lipinski definition) is 2. The fourth-order valence-corrected chi connectivity index (χ4v) is 2.09. The standard InChI is InChI=1S/C12H23N3O3/c1-9(16)15-5-3-10(4-6-15)14-12(17)7-11(8-13)18-2/h10-11H,3-8,13H2,1-2H3,(H,14,17). The molecule has 0 spiro atoms. The molecule has 1 saturated heterocycles. The predicted molar refractivity (Wildman–Crippen MR) is 67.9 cm³/mol. The lowest BCUT2D eigenvalue weighted by molar-refractivity contribution is -0.130. The van der Waals surface area contributed by atoms with Crippen molar-refractivity contribution < 1.29 is 14.3 Å². The zero-order chi connectivity index (χ0) is 13.5. The maximum absolute atomic E-state index is 11.7. The molecule has 0 radical (unpaired) electrons. The van der Waals surface area contributed by atoms with E-state index in [-0.39, 0.29) is 24.0 Å². The molecule has 1 rings (SSSR count). The molecule has 1 heterocycles. The molecule has 0 bridgehead atoms. The molecule has 2 amide bonds. The summed E-state index contributed by atoms with van der Waals surface area (Å²) in [5.74, 6) is 0.0657. The molecular formula is C12H23N3O3. The molecule has 1 aliphatic heterocycles. The topological polar surface area (TPSA) is 84.7 Å². The van der Waals surface area contributed by atoms with Gasteiger partial charge in [0.25, 0.3) is 0 Å². The Labute approximate surface area is 108 Å². The Morgan fingerprint density at radius 3 is 2.50 bits per heavy atom. The summed E-state index contributed by atoms with van der Waals surface area (Å²) in [7, 11) is 1.55. The number of nitrogens with two attached hydrogens (primary N) is 1. The molecule has 0 aliphatic carbocycles. The summed E-state index contributed by atoms with van der Waals surface area (Å²) < 4.78 is 5.07. The lowest BCUT2D eigenvalue weighted by atomic mass is 10.0. The first-order chi connectivity index (χ1) is 8.56. The summed E-state index contributed by atoms with van der Waals surface area (Å²) >= 11 is 0. The van der Waals surface area contributed by atoms with Crippen molar-refractivity contribution in [1.82, 2.24) is 10.2 Å². The van der Waals surface area contributed by atoms with Gasteiger partial charge >= 0.3 is 0 Å². The lowest BCUT2D eigenvalue weighted by Gasteiger charge is -2.31. The van der Waals surface area contributed by atoms with Crippen molar-refractivity contribution >= 4 is 11.8 Å². The van der Waals surface area contributed by atoms with Crippen LogP contribution < -0.4 is 11.1 Å². The highest BCUT2D eigenvalue weighted by Crippen LogP contribution is 2.10. The molecule has 18 heavy (non-hydrogen) atoms. The van der Waals surface area contributed by atoms with Crippen molar-refractivity contribution in [3.8, 4) is 0 Å². The number of amides is 2. The van der Waals surface area contributed by atoms with Crippen LogP contribution in [0, 0.1) is 0 Å². The van der Waals surface area contributed by atoms with E-state index in [1.54, 1.807) is 18.9 Å². The maximum atomic E-state index is 11.7. The first-order valence-electron chi connectivity index (χ1n) is 6.34. The van der Waals surface area contributed by atoms with Gasteiger partial charge in [0.15, 0.2) is 0 Å². The van der Waals surface area contributed by atoms with E-state index >= 15 is 0 Å². The van der Waals surface area contributed by atoms with Crippen LogP contribution in [0.15, 0.2) is 0 Å². The SMILES string of the molecule is COC(CN)CC(=O)NC1CCN(C(C)=O)CC1. The van der Waals surface area contributed by atoms with E-state index in [4.69, 9.17) is 10.5 Å². The van der Waals surface area contributed by atoms with Gasteiger partial charge in [-0.3, -0.25) is 9.59 Å². The first kappa shape index (κ1) is 14.9. The van der Waals surface area contributed by atoms with Crippen LogP contribution in [0.1, 0.15) is 26.2 Å². The highest BCUT2D eigenvalue weighted by Gasteiger charge is 2.22. The van der Waals surface area contributed by atoms with E-state index in [0.717, 1.165) is 12.8 Å². The fraction of sp³-hybridized carbons (Fsp3) is 0.833. The Bertz CT molecular complexity index is 284. The highest BCUT2D eigenvalue weighted by atomic mass is 16.5. The van der Waals surface area contributed by atoms with E-state index in [2.05, 4.69) is 5.32 Å². The van der Waals surface area contributed by atoms with Gasteiger partial charge in [0.2, 0.25) is 11.8 Å². The average molecular weight is 257 g/mol. The highest BCUT2D eigenvalue weighted by molar-refractivity contribution is 5.77. The molecule has 1 aliphatic rings. The minimum atomic E-state index is -0.220. The first-order valence-corrected chi connectivity index (χ1v) is 6.34. The number of carbonyl (C=O) groups excluding carboxylic acids is 2. The number of nitrogens with zero attached hydrogens (tertiary/aromatic N) is 1. The molecular weight excluding hydrogens is 234 g/mol. The normalized spacial score (nSPS) is 18.5. The van der Waals surface area contributed by atoms with Gasteiger partial charge in [0, 0.05) is 39.7 Å². The second-order valence-electron chi connectivity index (χ2n) is 4.65. The van der Waals surface area contributed by atoms with Crippen molar-refractivity contribution in [2.45, 2.75) is 38.3 Å². The molecule has 1 unspecified atom stereocenters. The monoisotopic (exact) mass is 257 g/mol. The number of rotatable bonds is 5. The Morgan fingerprint density at radius 2 is 2.06 bits per heavy atom. The van der Waals surface area contributed by atoms with E-state index < -0.39 is 0 Å². The van der Waals surface area contributed by atoms with Gasteiger partial charge in [-0.25, -0.2) is 0 Å². The van der Waals surface area contributed by atoms with Crippen LogP contribution in [0.5, 0.6) is 0 Å².